The van der Waals surface area contributed by atoms with Crippen molar-refractivity contribution in [2.45, 2.75) is 20.3 Å². The van der Waals surface area contributed by atoms with Gasteiger partial charge in [-0.2, -0.15) is 0 Å². The van der Waals surface area contributed by atoms with Crippen molar-refractivity contribution in [2.75, 3.05) is 6.54 Å². The smallest absolute Gasteiger partial charge is 0.308 e. The highest BCUT2D eigenvalue weighted by Gasteiger charge is 2.24. The van der Waals surface area contributed by atoms with Gasteiger partial charge in [0.1, 0.15) is 5.75 Å². The molecular weight excluding hydrogens is 386 g/mol. The first kappa shape index (κ1) is 18.9. The maximum Gasteiger partial charge on any atom is 0.308 e. The molecule has 0 unspecified atom stereocenters. The van der Waals surface area contributed by atoms with Crippen LogP contribution in [0.2, 0.25) is 0 Å². The molecule has 0 N–H and O–H groups in total. The summed E-state index contributed by atoms with van der Waals surface area (Å²) < 4.78 is 5.55. The zero-order valence-corrected chi connectivity index (χ0v) is 15.6. The van der Waals surface area contributed by atoms with Gasteiger partial charge in [-0.05, 0) is 58.6 Å². The third kappa shape index (κ3) is 4.76. The maximum absolute atomic E-state index is 12.2. The number of hydrogen-bond acceptors (Lipinski definition) is 4. The van der Waals surface area contributed by atoms with Crippen molar-refractivity contribution in [3.05, 3.63) is 52.5 Å². The van der Waals surface area contributed by atoms with Gasteiger partial charge in [-0.15, -0.1) is 0 Å². The van der Waals surface area contributed by atoms with E-state index in [-0.39, 0.29) is 11.8 Å². The van der Waals surface area contributed by atoms with E-state index in [1.165, 1.54) is 17.9 Å². The molecule has 25 heavy (non-hydrogen) atoms. The molecule has 1 heterocycles. The Bertz CT molecular complexity index is 808. The molecule has 0 saturated heterocycles. The summed E-state index contributed by atoms with van der Waals surface area (Å²) in [6, 6.07) is 5.15. The fraction of sp³-hybridized carbons (Fsp3) is 0.211. The lowest BCUT2D eigenvalue weighted by atomic mass is 10.0. The largest absolute Gasteiger partial charge is 0.426 e. The predicted molar refractivity (Wildman–Crippen MR) is 99.8 cm³/mol. The van der Waals surface area contributed by atoms with Gasteiger partial charge in [-0.1, -0.05) is 18.7 Å². The molecule has 6 heteroatoms. The Labute approximate surface area is 154 Å². The summed E-state index contributed by atoms with van der Waals surface area (Å²) in [5.74, 6) is -0.711. The van der Waals surface area contributed by atoms with Crippen molar-refractivity contribution in [1.82, 2.24) is 4.90 Å². The maximum atomic E-state index is 12.2. The lowest BCUT2D eigenvalue weighted by Gasteiger charge is -2.21. The molecule has 0 aliphatic carbocycles. The van der Waals surface area contributed by atoms with Crippen LogP contribution in [0.5, 0.6) is 5.75 Å². The zero-order valence-electron chi connectivity index (χ0n) is 14.0. The Morgan fingerprint density at radius 3 is 2.68 bits per heavy atom. The molecule has 5 nitrogen and oxygen atoms in total. The van der Waals surface area contributed by atoms with Gasteiger partial charge in [0.2, 0.25) is 0 Å². The summed E-state index contributed by atoms with van der Waals surface area (Å²) in [6.45, 7) is 7.37. The van der Waals surface area contributed by atoms with E-state index < -0.39 is 5.97 Å². The highest BCUT2D eigenvalue weighted by Crippen LogP contribution is 2.27. The predicted octanol–water partition coefficient (Wildman–Crippen LogP) is 3.70. The van der Waals surface area contributed by atoms with Crippen LogP contribution in [0.1, 0.15) is 31.4 Å². The third-order valence-electron chi connectivity index (χ3n) is 3.53. The number of imide groups is 1. The summed E-state index contributed by atoms with van der Waals surface area (Å²) in [6.07, 6.45) is 5.35. The van der Waals surface area contributed by atoms with Gasteiger partial charge in [0.15, 0.2) is 0 Å². The Balaban J connectivity index is 2.20. The van der Waals surface area contributed by atoms with Crippen LogP contribution in [0.25, 0.3) is 11.6 Å². The molecule has 0 aromatic heterocycles. The molecular formula is C19H18BrNO4. The summed E-state index contributed by atoms with van der Waals surface area (Å²) in [5.41, 5.74) is 2.16. The molecule has 2 rings (SSSR count). The van der Waals surface area contributed by atoms with Crippen LogP contribution in [0, 0.1) is 0 Å². The lowest BCUT2D eigenvalue weighted by molar-refractivity contribution is -0.139. The molecule has 0 atom stereocenters. The Hall–Kier alpha value is -2.47. The van der Waals surface area contributed by atoms with E-state index in [1.54, 1.807) is 37.3 Å². The molecule has 0 spiro atoms. The second kappa shape index (κ2) is 8.07. The number of carbonyl (C=O) groups is 3. The molecule has 1 aromatic carbocycles. The van der Waals surface area contributed by atoms with Crippen molar-refractivity contribution in [3.63, 3.8) is 0 Å². The fourth-order valence-electron chi connectivity index (χ4n) is 2.33. The average molecular weight is 404 g/mol. The van der Waals surface area contributed by atoms with Crippen molar-refractivity contribution in [1.29, 1.82) is 0 Å². The minimum Gasteiger partial charge on any atom is -0.426 e. The number of benzene rings is 1. The van der Waals surface area contributed by atoms with Gasteiger partial charge in [-0.25, -0.2) is 0 Å². The molecule has 1 aromatic rings. The van der Waals surface area contributed by atoms with Gasteiger partial charge in [0, 0.05) is 25.1 Å². The first-order chi connectivity index (χ1) is 11.8. The van der Waals surface area contributed by atoms with Crippen LogP contribution in [0.3, 0.4) is 0 Å². The highest BCUT2D eigenvalue weighted by atomic mass is 79.9. The molecule has 0 radical (unpaired) electrons. The number of nitrogens with zero attached hydrogens (tertiary/aromatic N) is 1. The van der Waals surface area contributed by atoms with Gasteiger partial charge < -0.3 is 4.74 Å². The van der Waals surface area contributed by atoms with Gasteiger partial charge in [0.05, 0.1) is 4.48 Å². The molecule has 1 aliphatic heterocycles. The number of esters is 1. The fourth-order valence-corrected chi connectivity index (χ4v) is 2.78. The van der Waals surface area contributed by atoms with Gasteiger partial charge in [-0.3, -0.25) is 19.3 Å². The summed E-state index contributed by atoms with van der Waals surface area (Å²) >= 11 is 3.15. The van der Waals surface area contributed by atoms with Crippen LogP contribution in [-0.2, 0) is 14.4 Å². The number of amides is 2. The van der Waals surface area contributed by atoms with E-state index >= 15 is 0 Å². The average Bonchev–Trinajstić information content (AvgIpc) is 2.55. The molecule has 1 aliphatic rings. The van der Waals surface area contributed by atoms with E-state index in [0.717, 1.165) is 11.1 Å². The van der Waals surface area contributed by atoms with Crippen molar-refractivity contribution in [2.24, 2.45) is 0 Å². The Kier molecular flexibility index (Phi) is 6.09. The van der Waals surface area contributed by atoms with Crippen LogP contribution in [0.4, 0.5) is 0 Å². The molecule has 2 amide bonds. The Morgan fingerprint density at radius 1 is 1.32 bits per heavy atom. The van der Waals surface area contributed by atoms with Gasteiger partial charge in [0.25, 0.3) is 11.8 Å². The first-order valence-corrected chi connectivity index (χ1v) is 8.47. The van der Waals surface area contributed by atoms with E-state index in [4.69, 9.17) is 4.74 Å². The summed E-state index contributed by atoms with van der Waals surface area (Å²) in [7, 11) is 0. The second-order valence-electron chi connectivity index (χ2n) is 5.60. The highest BCUT2D eigenvalue weighted by molar-refractivity contribution is 9.12. The number of rotatable bonds is 4. The Morgan fingerprint density at radius 2 is 2.04 bits per heavy atom. The normalized spacial score (nSPS) is 14.4. The van der Waals surface area contributed by atoms with E-state index in [2.05, 4.69) is 22.5 Å². The standard InChI is InChI=1S/C19H18BrNO4/c1-12(2)15-11-14(6-8-17(15)25-13(3)22)7-9-18(23)21-10-4-5-16(20)19(21)24/h5-9,11H,1,4,10H2,2-3H3/b9-7+. The van der Waals surface area contributed by atoms with Crippen LogP contribution < -0.4 is 4.74 Å². The number of carbonyl (C=O) groups excluding carboxylic acids is 3. The molecule has 0 fully saturated rings. The molecule has 0 bridgehead atoms. The van der Waals surface area contributed by atoms with E-state index in [9.17, 15) is 14.4 Å². The SMILES string of the molecule is C=C(C)c1cc(/C=C/C(=O)N2CCC=C(Br)C2=O)ccc1OC(C)=O. The van der Waals surface area contributed by atoms with E-state index in [0.29, 0.717) is 28.8 Å². The topological polar surface area (TPSA) is 63.7 Å². The number of hydrogen-bond donors (Lipinski definition) is 0. The zero-order chi connectivity index (χ0) is 18.6. The van der Waals surface area contributed by atoms with Crippen molar-refractivity contribution < 1.29 is 19.1 Å². The minimum atomic E-state index is -0.414. The third-order valence-corrected chi connectivity index (χ3v) is 4.19. The molecule has 0 saturated carbocycles. The van der Waals surface area contributed by atoms with Crippen LogP contribution in [0.15, 0.2) is 41.4 Å². The quantitative estimate of drug-likeness (QED) is 0.436. The van der Waals surface area contributed by atoms with Crippen LogP contribution >= 0.6 is 15.9 Å². The summed E-state index contributed by atoms with van der Waals surface area (Å²) in [5, 5.41) is 0. The van der Waals surface area contributed by atoms with E-state index in [1.807, 2.05) is 0 Å². The number of ether oxygens (including phenoxy) is 1. The van der Waals surface area contributed by atoms with Gasteiger partial charge >= 0.3 is 5.97 Å². The minimum absolute atomic E-state index is 0.339. The first-order valence-electron chi connectivity index (χ1n) is 7.67. The molecule has 130 valence electrons. The summed E-state index contributed by atoms with van der Waals surface area (Å²) in [4.78, 5) is 36.6. The van der Waals surface area contributed by atoms with Crippen molar-refractivity contribution >= 4 is 45.4 Å². The lowest BCUT2D eigenvalue weighted by Crippen LogP contribution is -2.38. The second-order valence-corrected chi connectivity index (χ2v) is 6.45. The van der Waals surface area contributed by atoms with Crippen LogP contribution in [-0.4, -0.2) is 29.2 Å². The monoisotopic (exact) mass is 403 g/mol. The van der Waals surface area contributed by atoms with Crippen molar-refractivity contribution in [3.8, 4) is 5.75 Å². The number of halogens is 1. The number of allylic oxidation sites excluding steroid dienone is 1.